The van der Waals surface area contributed by atoms with Gasteiger partial charge >= 0.3 is 5.97 Å². The van der Waals surface area contributed by atoms with E-state index < -0.39 is 5.97 Å². The van der Waals surface area contributed by atoms with Crippen molar-refractivity contribution in [3.63, 3.8) is 0 Å². The van der Waals surface area contributed by atoms with Gasteiger partial charge in [-0.1, -0.05) is 12.1 Å². The molecule has 0 unspecified atom stereocenters. The molecule has 3 aromatic rings. The number of benzene rings is 2. The van der Waals surface area contributed by atoms with E-state index in [0.717, 1.165) is 29.3 Å². The van der Waals surface area contributed by atoms with Crippen LogP contribution in [0, 0.1) is 5.82 Å². The van der Waals surface area contributed by atoms with Crippen molar-refractivity contribution < 1.29 is 18.7 Å². The van der Waals surface area contributed by atoms with Crippen molar-refractivity contribution in [2.24, 2.45) is 0 Å². The smallest absolute Gasteiger partial charge is 0.354 e. The number of halogens is 1. The molecular weight excluding hydrogens is 359 g/mol. The van der Waals surface area contributed by atoms with Crippen molar-refractivity contribution in [2.45, 2.75) is 25.2 Å². The van der Waals surface area contributed by atoms with Crippen LogP contribution in [0.3, 0.4) is 0 Å². The third kappa shape index (κ3) is 3.50. The van der Waals surface area contributed by atoms with Gasteiger partial charge in [0, 0.05) is 28.4 Å². The van der Waals surface area contributed by atoms with Gasteiger partial charge < -0.3 is 15.0 Å². The van der Waals surface area contributed by atoms with Gasteiger partial charge in [0.1, 0.15) is 11.5 Å². The molecule has 0 aliphatic heterocycles. The Labute approximate surface area is 161 Å². The Morgan fingerprint density at radius 3 is 2.57 bits per heavy atom. The highest BCUT2D eigenvalue weighted by molar-refractivity contribution is 6.00. The lowest BCUT2D eigenvalue weighted by molar-refractivity contribution is 0.0520. The fraction of sp³-hybridized carbons (Fsp3) is 0.273. The summed E-state index contributed by atoms with van der Waals surface area (Å²) in [5, 5.41) is 3.77. The molecule has 1 saturated carbocycles. The quantitative estimate of drug-likeness (QED) is 0.636. The van der Waals surface area contributed by atoms with Crippen LogP contribution >= 0.6 is 0 Å². The average molecular weight is 380 g/mol. The van der Waals surface area contributed by atoms with E-state index in [1.165, 1.54) is 12.1 Å². The van der Waals surface area contributed by atoms with E-state index in [9.17, 15) is 14.0 Å². The second-order valence-electron chi connectivity index (χ2n) is 7.18. The summed E-state index contributed by atoms with van der Waals surface area (Å²) in [5.74, 6) is -0.848. The Morgan fingerprint density at radius 2 is 1.89 bits per heavy atom. The van der Waals surface area contributed by atoms with Crippen molar-refractivity contribution in [3.8, 4) is 0 Å². The molecule has 0 bridgehead atoms. The van der Waals surface area contributed by atoms with Gasteiger partial charge in [-0.05, 0) is 61.7 Å². The van der Waals surface area contributed by atoms with Gasteiger partial charge in [-0.2, -0.15) is 0 Å². The monoisotopic (exact) mass is 380 g/mol. The van der Waals surface area contributed by atoms with Gasteiger partial charge in [0.2, 0.25) is 0 Å². The lowest BCUT2D eigenvalue weighted by Crippen LogP contribution is -2.32. The molecule has 1 aromatic heterocycles. The zero-order valence-corrected chi connectivity index (χ0v) is 15.5. The zero-order valence-electron chi connectivity index (χ0n) is 15.5. The predicted molar refractivity (Wildman–Crippen MR) is 104 cm³/mol. The number of carbonyl (C=O) groups excluding carboxylic acids is 2. The van der Waals surface area contributed by atoms with E-state index in [1.807, 2.05) is 0 Å². The first-order chi connectivity index (χ1) is 13.5. The van der Waals surface area contributed by atoms with Crippen molar-refractivity contribution in [1.29, 1.82) is 0 Å². The number of H-pyrrole nitrogens is 1. The number of esters is 1. The summed E-state index contributed by atoms with van der Waals surface area (Å²) in [4.78, 5) is 27.5. The fourth-order valence-electron chi connectivity index (χ4n) is 3.47. The maximum atomic E-state index is 13.2. The third-order valence-electron chi connectivity index (χ3n) is 5.28. The summed E-state index contributed by atoms with van der Waals surface area (Å²) >= 11 is 0. The number of fused-ring (bicyclic) bond motifs is 1. The molecule has 0 saturated heterocycles. The molecule has 1 heterocycles. The molecule has 2 aromatic carbocycles. The average Bonchev–Trinajstić information content (AvgIpc) is 3.36. The highest BCUT2D eigenvalue weighted by Gasteiger charge is 2.44. The molecule has 28 heavy (non-hydrogen) atoms. The van der Waals surface area contributed by atoms with E-state index in [-0.39, 0.29) is 17.1 Å². The molecule has 1 amide bonds. The van der Waals surface area contributed by atoms with Gasteiger partial charge in [0.15, 0.2) is 0 Å². The minimum atomic E-state index is -0.417. The lowest BCUT2D eigenvalue weighted by atomic mass is 9.96. The predicted octanol–water partition coefficient (Wildman–Crippen LogP) is 3.95. The number of carbonyl (C=O) groups is 2. The van der Waals surface area contributed by atoms with Crippen LogP contribution in [0.2, 0.25) is 0 Å². The zero-order chi connectivity index (χ0) is 19.7. The van der Waals surface area contributed by atoms with Gasteiger partial charge in [-0.3, -0.25) is 4.79 Å². The minimum Gasteiger partial charge on any atom is -0.461 e. The van der Waals surface area contributed by atoms with Crippen molar-refractivity contribution in [1.82, 2.24) is 10.3 Å². The first kappa shape index (κ1) is 18.2. The first-order valence-electron chi connectivity index (χ1n) is 9.35. The van der Waals surface area contributed by atoms with E-state index in [4.69, 9.17) is 4.74 Å². The maximum absolute atomic E-state index is 13.2. The number of ether oxygens (including phenoxy) is 1. The Bertz CT molecular complexity index is 1040. The fourth-order valence-corrected chi connectivity index (χ4v) is 3.47. The van der Waals surface area contributed by atoms with Crippen LogP contribution in [0.25, 0.3) is 10.9 Å². The second-order valence-corrected chi connectivity index (χ2v) is 7.18. The number of hydrogen-bond acceptors (Lipinski definition) is 3. The van der Waals surface area contributed by atoms with Crippen LogP contribution in [0.1, 0.15) is 46.2 Å². The van der Waals surface area contributed by atoms with Crippen LogP contribution in [0.5, 0.6) is 0 Å². The van der Waals surface area contributed by atoms with Gasteiger partial charge in [0.25, 0.3) is 5.91 Å². The molecule has 2 N–H and O–H groups in total. The van der Waals surface area contributed by atoms with E-state index in [0.29, 0.717) is 24.4 Å². The Morgan fingerprint density at radius 1 is 1.14 bits per heavy atom. The minimum absolute atomic E-state index is 0.0986. The van der Waals surface area contributed by atoms with Gasteiger partial charge in [-0.15, -0.1) is 0 Å². The molecule has 4 rings (SSSR count). The van der Waals surface area contributed by atoms with E-state index in [1.54, 1.807) is 43.3 Å². The number of nitrogens with one attached hydrogen (secondary N) is 2. The number of amides is 1. The van der Waals surface area contributed by atoms with E-state index >= 15 is 0 Å². The number of aromatic amines is 1. The molecule has 1 fully saturated rings. The molecule has 0 radical (unpaired) electrons. The first-order valence-corrected chi connectivity index (χ1v) is 9.35. The van der Waals surface area contributed by atoms with Crippen molar-refractivity contribution >= 4 is 22.8 Å². The SMILES string of the molecule is CCOC(=O)c1cc2cc(C(=O)NCC3(c4ccc(F)cc4)CC3)ccc2[nH]1. The van der Waals surface area contributed by atoms with Crippen LogP contribution in [-0.4, -0.2) is 30.0 Å². The second kappa shape index (κ2) is 7.11. The molecule has 6 heteroatoms. The largest absolute Gasteiger partial charge is 0.461 e. The Balaban J connectivity index is 1.46. The summed E-state index contributed by atoms with van der Waals surface area (Å²) in [6.07, 6.45) is 1.94. The molecule has 144 valence electrons. The van der Waals surface area contributed by atoms with Gasteiger partial charge in [-0.25, -0.2) is 9.18 Å². The van der Waals surface area contributed by atoms with Crippen LogP contribution in [-0.2, 0) is 10.2 Å². The summed E-state index contributed by atoms with van der Waals surface area (Å²) < 4.78 is 18.1. The summed E-state index contributed by atoms with van der Waals surface area (Å²) in [6.45, 7) is 2.57. The normalized spacial score (nSPS) is 14.6. The molecular formula is C22H21FN2O3. The Kier molecular flexibility index (Phi) is 4.63. The van der Waals surface area contributed by atoms with Gasteiger partial charge in [0.05, 0.1) is 6.61 Å². The molecule has 1 aliphatic carbocycles. The van der Waals surface area contributed by atoms with E-state index in [2.05, 4.69) is 10.3 Å². The Hall–Kier alpha value is -3.15. The number of rotatable bonds is 6. The third-order valence-corrected chi connectivity index (χ3v) is 5.28. The summed E-state index contributed by atoms with van der Waals surface area (Å²) in [5.41, 5.74) is 2.61. The van der Waals surface area contributed by atoms with Crippen LogP contribution in [0.4, 0.5) is 4.39 Å². The van der Waals surface area contributed by atoms with Crippen LogP contribution < -0.4 is 5.32 Å². The standard InChI is InChI=1S/C22H21FN2O3/c1-2-28-21(27)19-12-15-11-14(3-8-18(15)25-19)20(26)24-13-22(9-10-22)16-4-6-17(23)7-5-16/h3-8,11-12,25H,2,9-10,13H2,1H3,(H,24,26). The molecule has 1 aliphatic rings. The number of aromatic nitrogens is 1. The molecule has 5 nitrogen and oxygen atoms in total. The molecule has 0 spiro atoms. The lowest BCUT2D eigenvalue weighted by Gasteiger charge is -2.16. The topological polar surface area (TPSA) is 71.2 Å². The highest BCUT2D eigenvalue weighted by atomic mass is 19.1. The highest BCUT2D eigenvalue weighted by Crippen LogP contribution is 2.47. The van der Waals surface area contributed by atoms with Crippen molar-refractivity contribution in [3.05, 3.63) is 71.2 Å². The van der Waals surface area contributed by atoms with Crippen molar-refractivity contribution in [2.75, 3.05) is 13.2 Å². The summed E-state index contributed by atoms with van der Waals surface area (Å²) in [7, 11) is 0. The molecule has 0 atom stereocenters. The maximum Gasteiger partial charge on any atom is 0.354 e. The number of hydrogen-bond donors (Lipinski definition) is 2. The summed E-state index contributed by atoms with van der Waals surface area (Å²) in [6, 6.07) is 13.4. The van der Waals surface area contributed by atoms with Crippen LogP contribution in [0.15, 0.2) is 48.5 Å².